The first kappa shape index (κ1) is 40.7. The van der Waals surface area contributed by atoms with Crippen molar-refractivity contribution in [3.05, 3.63) is 53.1 Å². The maximum absolute atomic E-state index is 13.8. The number of carbonyl (C=O) groups excluding carboxylic acids is 5. The van der Waals surface area contributed by atoms with Crippen LogP contribution in [-0.2, 0) is 14.4 Å². The zero-order valence-electron chi connectivity index (χ0n) is 30.8. The SMILES string of the molecule is CC(C)C(NC(=O)C1CCCN1C(=O)C(NC(=O)CCCCC(C)(C)NC(=O)c1cc(Cl)ccn1)C(C)C)C(=O)c1nnc(-c2cc(O)cc(O)c2)o1. The number of nitrogens with one attached hydrogen (secondary N) is 3. The molecule has 2 aromatic heterocycles. The summed E-state index contributed by atoms with van der Waals surface area (Å²) in [6.07, 6.45) is 4.33. The number of pyridine rings is 1. The number of Topliss-reactive ketones (excluding diaryl/α,β-unsaturated/α-hetero) is 1. The number of phenolic OH excluding ortho intramolecular Hbond substituents is 2. The zero-order valence-corrected chi connectivity index (χ0v) is 31.6. The molecule has 5 N–H and O–H groups in total. The molecule has 0 saturated carbocycles. The number of benzene rings is 1. The van der Waals surface area contributed by atoms with Crippen LogP contribution in [0.1, 0.15) is 101 Å². The van der Waals surface area contributed by atoms with Gasteiger partial charge in [-0.05, 0) is 75.6 Å². The molecular formula is C37H48ClN7O8. The number of ketones is 1. The summed E-state index contributed by atoms with van der Waals surface area (Å²) < 4.78 is 5.55. The highest BCUT2D eigenvalue weighted by molar-refractivity contribution is 6.30. The summed E-state index contributed by atoms with van der Waals surface area (Å²) in [5.74, 6) is -3.78. The molecule has 3 aromatic rings. The van der Waals surface area contributed by atoms with Crippen LogP contribution in [0.25, 0.3) is 11.5 Å². The Kier molecular flexibility index (Phi) is 13.6. The van der Waals surface area contributed by atoms with Crippen molar-refractivity contribution in [3.63, 3.8) is 0 Å². The van der Waals surface area contributed by atoms with E-state index < -0.39 is 35.4 Å². The molecule has 15 nitrogen and oxygen atoms in total. The van der Waals surface area contributed by atoms with E-state index >= 15 is 0 Å². The number of phenols is 2. The minimum atomic E-state index is -1.06. The van der Waals surface area contributed by atoms with E-state index in [9.17, 15) is 34.2 Å². The minimum absolute atomic E-state index is 0.109. The molecule has 4 amide bonds. The molecule has 53 heavy (non-hydrogen) atoms. The van der Waals surface area contributed by atoms with Gasteiger partial charge < -0.3 is 35.5 Å². The number of likely N-dealkylation sites (tertiary alicyclic amines) is 1. The molecule has 1 saturated heterocycles. The third-order valence-corrected chi connectivity index (χ3v) is 9.22. The fourth-order valence-corrected chi connectivity index (χ4v) is 6.29. The Labute approximate surface area is 313 Å². The summed E-state index contributed by atoms with van der Waals surface area (Å²) in [7, 11) is 0. The monoisotopic (exact) mass is 753 g/mol. The van der Waals surface area contributed by atoms with E-state index in [1.807, 2.05) is 27.7 Å². The Morgan fingerprint density at radius 2 is 1.64 bits per heavy atom. The van der Waals surface area contributed by atoms with Gasteiger partial charge in [0.15, 0.2) is 0 Å². The van der Waals surface area contributed by atoms with Gasteiger partial charge >= 0.3 is 0 Å². The lowest BCUT2D eigenvalue weighted by atomic mass is 9.96. The molecule has 1 fully saturated rings. The van der Waals surface area contributed by atoms with Gasteiger partial charge in [0.2, 0.25) is 29.4 Å². The van der Waals surface area contributed by atoms with E-state index in [0.717, 1.165) is 6.07 Å². The standard InChI is InChI=1S/C37H48ClN7O8/c1-20(2)29(31(49)35-44-43-34(53-35)22-16-24(46)19-25(47)17-22)41-33(51)27-10-9-15-45(27)36(52)30(21(3)4)40-28(48)11-7-8-13-37(5,6)42-32(50)26-18-23(38)12-14-39-26/h12,14,16-21,27,29-30,46-47H,7-11,13,15H2,1-6H3,(H,40,48)(H,41,51)(H,42,50). The normalized spacial score (nSPS) is 15.6. The highest BCUT2D eigenvalue weighted by Gasteiger charge is 2.40. The van der Waals surface area contributed by atoms with Crippen LogP contribution in [0, 0.1) is 11.8 Å². The Morgan fingerprint density at radius 1 is 0.962 bits per heavy atom. The average Bonchev–Trinajstić information content (AvgIpc) is 3.78. The number of hydrogen-bond acceptors (Lipinski definition) is 11. The number of amides is 4. The maximum atomic E-state index is 13.8. The first-order valence-electron chi connectivity index (χ1n) is 17.7. The number of hydrogen-bond donors (Lipinski definition) is 5. The number of aromatic hydroxyl groups is 2. The summed E-state index contributed by atoms with van der Waals surface area (Å²) in [5.41, 5.74) is -0.151. The molecule has 3 unspecified atom stereocenters. The van der Waals surface area contributed by atoms with Crippen molar-refractivity contribution in [1.29, 1.82) is 0 Å². The molecule has 0 aliphatic carbocycles. The van der Waals surface area contributed by atoms with Crippen LogP contribution in [0.5, 0.6) is 11.5 Å². The molecule has 16 heteroatoms. The summed E-state index contributed by atoms with van der Waals surface area (Å²) in [6, 6.07) is 4.00. The topological polar surface area (TPSA) is 217 Å². The number of carbonyl (C=O) groups is 5. The smallest absolute Gasteiger partial charge is 0.286 e. The van der Waals surface area contributed by atoms with E-state index in [1.165, 1.54) is 29.3 Å². The zero-order chi connectivity index (χ0) is 39.0. The third kappa shape index (κ3) is 11.0. The van der Waals surface area contributed by atoms with E-state index in [4.69, 9.17) is 16.0 Å². The predicted molar refractivity (Wildman–Crippen MR) is 195 cm³/mol. The van der Waals surface area contributed by atoms with Crippen molar-refractivity contribution in [2.45, 2.75) is 104 Å². The van der Waals surface area contributed by atoms with Crippen molar-refractivity contribution in [1.82, 2.24) is 36.0 Å². The Bertz CT molecular complexity index is 1790. The second-order valence-electron chi connectivity index (χ2n) is 14.6. The van der Waals surface area contributed by atoms with Crippen LogP contribution >= 0.6 is 11.6 Å². The van der Waals surface area contributed by atoms with Crippen LogP contribution in [0.2, 0.25) is 5.02 Å². The third-order valence-electron chi connectivity index (χ3n) is 8.98. The number of unbranched alkanes of at least 4 members (excludes halogenated alkanes) is 1. The molecule has 0 bridgehead atoms. The number of aromatic nitrogens is 3. The van der Waals surface area contributed by atoms with Crippen LogP contribution in [0.15, 0.2) is 40.9 Å². The van der Waals surface area contributed by atoms with E-state index in [2.05, 4.69) is 31.1 Å². The van der Waals surface area contributed by atoms with Crippen molar-refractivity contribution in [2.75, 3.05) is 6.54 Å². The van der Waals surface area contributed by atoms with Crippen LogP contribution < -0.4 is 16.0 Å². The first-order valence-corrected chi connectivity index (χ1v) is 18.1. The Hall–Kier alpha value is -5.05. The predicted octanol–water partition coefficient (Wildman–Crippen LogP) is 4.42. The van der Waals surface area contributed by atoms with Gasteiger partial charge in [0, 0.05) is 41.4 Å². The van der Waals surface area contributed by atoms with Gasteiger partial charge in [0.25, 0.3) is 11.8 Å². The van der Waals surface area contributed by atoms with Crippen molar-refractivity contribution >= 4 is 41.0 Å². The fraction of sp³-hybridized carbons (Fsp3) is 0.514. The first-order chi connectivity index (χ1) is 25.0. The van der Waals surface area contributed by atoms with Gasteiger partial charge in [-0.3, -0.25) is 29.0 Å². The average molecular weight is 754 g/mol. The van der Waals surface area contributed by atoms with Gasteiger partial charge in [0.05, 0.1) is 6.04 Å². The van der Waals surface area contributed by atoms with Crippen LogP contribution in [0.4, 0.5) is 0 Å². The molecule has 1 aliphatic rings. The summed E-state index contributed by atoms with van der Waals surface area (Å²) in [6.45, 7) is 11.2. The van der Waals surface area contributed by atoms with E-state index in [-0.39, 0.29) is 70.5 Å². The molecule has 0 spiro atoms. The minimum Gasteiger partial charge on any atom is -0.508 e. The van der Waals surface area contributed by atoms with Gasteiger partial charge in [-0.1, -0.05) is 45.7 Å². The summed E-state index contributed by atoms with van der Waals surface area (Å²) in [4.78, 5) is 72.1. The van der Waals surface area contributed by atoms with Crippen LogP contribution in [-0.4, -0.2) is 89.9 Å². The highest BCUT2D eigenvalue weighted by atomic mass is 35.5. The van der Waals surface area contributed by atoms with Gasteiger partial charge in [0.1, 0.15) is 29.3 Å². The Morgan fingerprint density at radius 3 is 2.28 bits per heavy atom. The molecule has 1 aromatic carbocycles. The van der Waals surface area contributed by atoms with E-state index in [0.29, 0.717) is 43.7 Å². The summed E-state index contributed by atoms with van der Waals surface area (Å²) >= 11 is 5.98. The number of rotatable bonds is 16. The molecule has 1 aliphatic heterocycles. The van der Waals surface area contributed by atoms with Gasteiger partial charge in [-0.15, -0.1) is 10.2 Å². The van der Waals surface area contributed by atoms with Crippen molar-refractivity contribution < 1.29 is 38.6 Å². The van der Waals surface area contributed by atoms with Crippen molar-refractivity contribution in [3.8, 4) is 23.0 Å². The lowest BCUT2D eigenvalue weighted by Crippen LogP contribution is -2.57. The van der Waals surface area contributed by atoms with Gasteiger partial charge in [-0.2, -0.15) is 0 Å². The molecular weight excluding hydrogens is 706 g/mol. The Balaban J connectivity index is 1.32. The maximum Gasteiger partial charge on any atom is 0.286 e. The lowest BCUT2D eigenvalue weighted by molar-refractivity contribution is -0.142. The van der Waals surface area contributed by atoms with Crippen molar-refractivity contribution in [2.24, 2.45) is 11.8 Å². The highest BCUT2D eigenvalue weighted by Crippen LogP contribution is 2.28. The fourth-order valence-electron chi connectivity index (χ4n) is 6.13. The molecule has 3 heterocycles. The lowest BCUT2D eigenvalue weighted by Gasteiger charge is -2.31. The number of nitrogens with zero attached hydrogens (tertiary/aromatic N) is 4. The molecule has 286 valence electrons. The second kappa shape index (κ2) is 17.6. The van der Waals surface area contributed by atoms with Gasteiger partial charge in [-0.25, -0.2) is 0 Å². The second-order valence-corrected chi connectivity index (χ2v) is 15.1. The van der Waals surface area contributed by atoms with Crippen LogP contribution in [0.3, 0.4) is 0 Å². The largest absolute Gasteiger partial charge is 0.508 e. The quantitative estimate of drug-likeness (QED) is 0.102. The number of halogens is 1. The molecule has 0 radical (unpaired) electrons. The molecule has 3 atom stereocenters. The molecule has 4 rings (SSSR count). The summed E-state index contributed by atoms with van der Waals surface area (Å²) in [5, 5.41) is 36.3. The van der Waals surface area contributed by atoms with E-state index in [1.54, 1.807) is 19.9 Å².